The summed E-state index contributed by atoms with van der Waals surface area (Å²) in [5.74, 6) is 2.90. The van der Waals surface area contributed by atoms with Gasteiger partial charge in [0.1, 0.15) is 6.29 Å². The van der Waals surface area contributed by atoms with Crippen LogP contribution in [0.2, 0.25) is 0 Å². The second-order valence-corrected chi connectivity index (χ2v) is 3.37. The molecule has 0 bridgehead atoms. The van der Waals surface area contributed by atoms with E-state index in [4.69, 9.17) is 0 Å². The van der Waals surface area contributed by atoms with Crippen molar-refractivity contribution in [1.29, 1.82) is 0 Å². The summed E-state index contributed by atoms with van der Waals surface area (Å²) in [6.45, 7) is 0. The molecule has 0 heterocycles. The van der Waals surface area contributed by atoms with Gasteiger partial charge < -0.3 is 4.79 Å². The molecule has 0 aliphatic carbocycles. The van der Waals surface area contributed by atoms with E-state index in [-0.39, 0.29) is 0 Å². The predicted molar refractivity (Wildman–Crippen MR) is 41.8 cm³/mol. The summed E-state index contributed by atoms with van der Waals surface area (Å²) in [6, 6.07) is 0. The summed E-state index contributed by atoms with van der Waals surface area (Å²) in [5.41, 5.74) is 0. The normalized spacial score (nSPS) is 9.12. The Labute approximate surface area is 58.6 Å². The Bertz CT molecular complexity index is 56.4. The molecule has 0 aromatic rings. The second kappa shape index (κ2) is 7.37. The summed E-state index contributed by atoms with van der Waals surface area (Å²) in [4.78, 5) is 9.74. The van der Waals surface area contributed by atoms with E-state index in [0.717, 1.165) is 17.8 Å². The van der Waals surface area contributed by atoms with Crippen molar-refractivity contribution < 1.29 is 4.79 Å². The molecule has 0 rings (SSSR count). The van der Waals surface area contributed by atoms with E-state index in [0.29, 0.717) is 5.75 Å². The van der Waals surface area contributed by atoms with Gasteiger partial charge in [-0.3, -0.25) is 0 Å². The lowest BCUT2D eigenvalue weighted by Crippen LogP contribution is -1.85. The van der Waals surface area contributed by atoms with Gasteiger partial charge in [0.05, 0.1) is 0 Å². The Morgan fingerprint density at radius 1 is 1.50 bits per heavy atom. The molecule has 48 valence electrons. The highest BCUT2D eigenvalue weighted by Crippen LogP contribution is 2.01. The number of hydrogen-bond donors (Lipinski definition) is 0. The van der Waals surface area contributed by atoms with Gasteiger partial charge in [-0.1, -0.05) is 0 Å². The highest BCUT2D eigenvalue weighted by atomic mass is 32.2. The third-order valence-electron chi connectivity index (χ3n) is 0.618. The van der Waals surface area contributed by atoms with Crippen LogP contribution < -0.4 is 0 Å². The van der Waals surface area contributed by atoms with Crippen molar-refractivity contribution in [2.24, 2.45) is 0 Å². The molecule has 3 heteroatoms. The summed E-state index contributed by atoms with van der Waals surface area (Å²) in [6.07, 6.45) is 3.02. The van der Waals surface area contributed by atoms with Crippen molar-refractivity contribution in [1.82, 2.24) is 0 Å². The van der Waals surface area contributed by atoms with Crippen molar-refractivity contribution in [2.45, 2.75) is 0 Å². The van der Waals surface area contributed by atoms with Crippen LogP contribution >= 0.6 is 23.5 Å². The molecule has 0 radical (unpaired) electrons. The maximum Gasteiger partial charge on any atom is 0.129 e. The SMILES string of the molecule is CSCCSCC=O. The fourth-order valence-electron chi connectivity index (χ4n) is 0.274. The van der Waals surface area contributed by atoms with Crippen molar-refractivity contribution in [3.63, 3.8) is 0 Å². The quantitative estimate of drug-likeness (QED) is 0.434. The zero-order chi connectivity index (χ0) is 6.24. The highest BCUT2D eigenvalue weighted by molar-refractivity contribution is 8.02. The molecule has 0 amide bonds. The molecular weight excluding hydrogens is 140 g/mol. The number of thioether (sulfide) groups is 2. The van der Waals surface area contributed by atoms with E-state index in [1.165, 1.54) is 0 Å². The standard InChI is InChI=1S/C5H10OS2/c1-7-4-5-8-3-2-6/h2H,3-5H2,1H3. The smallest absolute Gasteiger partial charge is 0.129 e. The van der Waals surface area contributed by atoms with Gasteiger partial charge in [0.15, 0.2) is 0 Å². The van der Waals surface area contributed by atoms with Crippen molar-refractivity contribution >= 4 is 29.8 Å². The number of carbonyl (C=O) groups is 1. The molecule has 0 N–H and O–H groups in total. The molecule has 0 spiro atoms. The zero-order valence-corrected chi connectivity index (χ0v) is 6.56. The number of hydrogen-bond acceptors (Lipinski definition) is 3. The molecule has 0 saturated carbocycles. The van der Waals surface area contributed by atoms with E-state index in [2.05, 4.69) is 6.26 Å². The van der Waals surface area contributed by atoms with E-state index >= 15 is 0 Å². The fraction of sp³-hybridized carbons (Fsp3) is 0.800. The third-order valence-corrected chi connectivity index (χ3v) is 2.35. The number of aldehydes is 1. The Kier molecular flexibility index (Phi) is 7.71. The number of carbonyl (C=O) groups excluding carboxylic acids is 1. The van der Waals surface area contributed by atoms with Gasteiger partial charge >= 0.3 is 0 Å². The molecule has 0 aromatic carbocycles. The molecule has 0 aromatic heterocycles. The van der Waals surface area contributed by atoms with Gasteiger partial charge in [0.2, 0.25) is 0 Å². The molecule has 0 unspecified atom stereocenters. The van der Waals surface area contributed by atoms with E-state index in [1.807, 2.05) is 11.8 Å². The highest BCUT2D eigenvalue weighted by Gasteiger charge is 1.83. The lowest BCUT2D eigenvalue weighted by atomic mass is 10.9. The zero-order valence-electron chi connectivity index (χ0n) is 4.92. The van der Waals surface area contributed by atoms with Crippen molar-refractivity contribution in [3.05, 3.63) is 0 Å². The van der Waals surface area contributed by atoms with Crippen LogP contribution in [0.5, 0.6) is 0 Å². The second-order valence-electron chi connectivity index (χ2n) is 1.23. The molecule has 0 saturated heterocycles. The Balaban J connectivity index is 2.62. The van der Waals surface area contributed by atoms with Crippen LogP contribution in [-0.4, -0.2) is 29.8 Å². The Morgan fingerprint density at radius 2 is 2.25 bits per heavy atom. The van der Waals surface area contributed by atoms with E-state index < -0.39 is 0 Å². The van der Waals surface area contributed by atoms with Crippen molar-refractivity contribution in [3.8, 4) is 0 Å². The summed E-state index contributed by atoms with van der Waals surface area (Å²) in [7, 11) is 0. The molecular formula is C5H10OS2. The Hall–Kier alpha value is 0.370. The molecule has 8 heavy (non-hydrogen) atoms. The molecule has 0 atom stereocenters. The minimum Gasteiger partial charge on any atom is -0.302 e. The largest absolute Gasteiger partial charge is 0.302 e. The topological polar surface area (TPSA) is 17.1 Å². The summed E-state index contributed by atoms with van der Waals surface area (Å²) in [5, 5.41) is 0. The lowest BCUT2D eigenvalue weighted by Gasteiger charge is -1.90. The maximum atomic E-state index is 9.74. The maximum absolute atomic E-state index is 9.74. The fourth-order valence-corrected chi connectivity index (χ4v) is 1.67. The first kappa shape index (κ1) is 8.37. The van der Waals surface area contributed by atoms with E-state index in [9.17, 15) is 4.79 Å². The Morgan fingerprint density at radius 3 is 2.75 bits per heavy atom. The average molecular weight is 150 g/mol. The van der Waals surface area contributed by atoms with Gasteiger partial charge in [-0.15, -0.1) is 0 Å². The predicted octanol–water partition coefficient (Wildman–Crippen LogP) is 1.28. The average Bonchev–Trinajstić information content (AvgIpc) is 1.81. The van der Waals surface area contributed by atoms with Crippen LogP contribution in [0.3, 0.4) is 0 Å². The summed E-state index contributed by atoms with van der Waals surface area (Å²) >= 11 is 3.50. The molecule has 1 nitrogen and oxygen atoms in total. The first-order valence-corrected chi connectivity index (χ1v) is 4.97. The summed E-state index contributed by atoms with van der Waals surface area (Å²) < 4.78 is 0. The van der Waals surface area contributed by atoms with E-state index in [1.54, 1.807) is 11.8 Å². The van der Waals surface area contributed by atoms with Crippen LogP contribution in [0.15, 0.2) is 0 Å². The van der Waals surface area contributed by atoms with Gasteiger partial charge in [-0.05, 0) is 6.26 Å². The molecule has 0 aliphatic rings. The van der Waals surface area contributed by atoms with Gasteiger partial charge in [0.25, 0.3) is 0 Å². The van der Waals surface area contributed by atoms with Crippen molar-refractivity contribution in [2.75, 3.05) is 23.5 Å². The minimum atomic E-state index is 0.653. The minimum absolute atomic E-state index is 0.653. The number of rotatable bonds is 5. The first-order valence-electron chi connectivity index (χ1n) is 2.42. The third kappa shape index (κ3) is 6.37. The first-order chi connectivity index (χ1) is 3.91. The lowest BCUT2D eigenvalue weighted by molar-refractivity contribution is -0.105. The molecule has 0 aliphatic heterocycles. The van der Waals surface area contributed by atoms with Crippen LogP contribution in [0.1, 0.15) is 0 Å². The van der Waals surface area contributed by atoms with Gasteiger partial charge in [-0.2, -0.15) is 23.5 Å². The molecule has 0 fully saturated rings. The van der Waals surface area contributed by atoms with Crippen LogP contribution in [0.25, 0.3) is 0 Å². The van der Waals surface area contributed by atoms with Gasteiger partial charge in [0, 0.05) is 17.3 Å². The van der Waals surface area contributed by atoms with Crippen LogP contribution in [0, 0.1) is 0 Å². The van der Waals surface area contributed by atoms with Crippen LogP contribution in [-0.2, 0) is 4.79 Å². The van der Waals surface area contributed by atoms with Gasteiger partial charge in [-0.25, -0.2) is 0 Å². The van der Waals surface area contributed by atoms with Crippen LogP contribution in [0.4, 0.5) is 0 Å². The monoisotopic (exact) mass is 150 g/mol.